The fourth-order valence-electron chi connectivity index (χ4n) is 3.63. The highest BCUT2D eigenvalue weighted by atomic mass is 16.5. The van der Waals surface area contributed by atoms with E-state index in [1.807, 2.05) is 24.3 Å². The first-order valence-electron chi connectivity index (χ1n) is 9.69. The Morgan fingerprint density at radius 1 is 1.21 bits per heavy atom. The molecule has 0 unspecified atom stereocenters. The predicted molar refractivity (Wildman–Crippen MR) is 103 cm³/mol. The van der Waals surface area contributed by atoms with Crippen molar-refractivity contribution < 1.29 is 19.0 Å². The lowest BCUT2D eigenvalue weighted by molar-refractivity contribution is 0.0162. The molecule has 28 heavy (non-hydrogen) atoms. The van der Waals surface area contributed by atoms with Gasteiger partial charge in [0.05, 0.1) is 33.0 Å². The Morgan fingerprint density at radius 3 is 2.71 bits per heavy atom. The van der Waals surface area contributed by atoms with Gasteiger partial charge in [-0.25, -0.2) is 4.68 Å². The molecule has 2 aliphatic rings. The largest absolute Gasteiger partial charge is 0.497 e. The molecule has 2 aliphatic heterocycles. The zero-order chi connectivity index (χ0) is 19.3. The number of benzene rings is 1. The molecule has 0 saturated carbocycles. The number of hydrogen-bond acceptors (Lipinski definition) is 6. The molecule has 8 nitrogen and oxygen atoms in total. The second-order valence-corrected chi connectivity index (χ2v) is 6.94. The molecule has 3 heterocycles. The van der Waals surface area contributed by atoms with Gasteiger partial charge in [-0.1, -0.05) is 12.1 Å². The van der Waals surface area contributed by atoms with Gasteiger partial charge in [-0.2, -0.15) is 5.10 Å². The quantitative estimate of drug-likeness (QED) is 0.810. The van der Waals surface area contributed by atoms with Crippen LogP contribution in [-0.4, -0.2) is 67.2 Å². The Labute approximate surface area is 164 Å². The van der Waals surface area contributed by atoms with Gasteiger partial charge >= 0.3 is 0 Å². The average molecular weight is 386 g/mol. The van der Waals surface area contributed by atoms with Gasteiger partial charge in [0.15, 0.2) is 5.69 Å². The summed E-state index contributed by atoms with van der Waals surface area (Å²) in [4.78, 5) is 15.0. The van der Waals surface area contributed by atoms with Crippen molar-refractivity contribution in [2.75, 3.05) is 46.6 Å². The summed E-state index contributed by atoms with van der Waals surface area (Å²) in [5.74, 6) is 1.30. The van der Waals surface area contributed by atoms with Crippen molar-refractivity contribution in [1.29, 1.82) is 0 Å². The molecule has 1 N–H and O–H groups in total. The van der Waals surface area contributed by atoms with Gasteiger partial charge in [-0.15, -0.1) is 0 Å². The number of aryl methyl sites for hydroxylation is 1. The summed E-state index contributed by atoms with van der Waals surface area (Å²) in [5, 5.41) is 7.41. The number of fused-ring (bicyclic) bond motifs is 1. The minimum absolute atomic E-state index is 0.0623. The van der Waals surface area contributed by atoms with E-state index < -0.39 is 0 Å². The van der Waals surface area contributed by atoms with E-state index in [1.54, 1.807) is 17.9 Å². The molecule has 150 valence electrons. The van der Waals surface area contributed by atoms with Crippen LogP contribution in [0.2, 0.25) is 0 Å². The van der Waals surface area contributed by atoms with Crippen LogP contribution in [0.5, 0.6) is 11.6 Å². The molecule has 0 spiro atoms. The third-order valence-corrected chi connectivity index (χ3v) is 5.18. The van der Waals surface area contributed by atoms with Crippen LogP contribution >= 0.6 is 0 Å². The Balaban J connectivity index is 1.46. The number of rotatable bonds is 6. The van der Waals surface area contributed by atoms with Crippen molar-refractivity contribution >= 4 is 5.91 Å². The third kappa shape index (κ3) is 4.13. The Bertz CT molecular complexity index is 776. The zero-order valence-corrected chi connectivity index (χ0v) is 16.1. The summed E-state index contributed by atoms with van der Waals surface area (Å²) in [6.45, 7) is 5.01. The molecule has 1 fully saturated rings. The number of carbonyl (C=O) groups is 1. The van der Waals surface area contributed by atoms with Gasteiger partial charge in [0.25, 0.3) is 5.91 Å². The van der Waals surface area contributed by atoms with E-state index >= 15 is 0 Å². The fraction of sp³-hybridized carbons (Fsp3) is 0.500. The maximum atomic E-state index is 12.7. The molecule has 0 bridgehead atoms. The van der Waals surface area contributed by atoms with Crippen LogP contribution in [0.4, 0.5) is 0 Å². The Kier molecular flexibility index (Phi) is 5.78. The summed E-state index contributed by atoms with van der Waals surface area (Å²) in [6.07, 6.45) is 0.909. The first kappa shape index (κ1) is 18.8. The van der Waals surface area contributed by atoms with Crippen molar-refractivity contribution in [3.05, 3.63) is 41.6 Å². The van der Waals surface area contributed by atoms with Gasteiger partial charge in [-0.05, 0) is 17.7 Å². The lowest BCUT2D eigenvalue weighted by Crippen LogP contribution is -2.43. The molecule has 8 heteroatoms. The van der Waals surface area contributed by atoms with E-state index in [9.17, 15) is 4.79 Å². The van der Waals surface area contributed by atoms with Crippen LogP contribution in [0.1, 0.15) is 28.5 Å². The molecule has 1 amide bonds. The number of methoxy groups -OCH3 is 1. The smallest absolute Gasteiger partial charge is 0.271 e. The van der Waals surface area contributed by atoms with Gasteiger partial charge in [-0.3, -0.25) is 9.69 Å². The van der Waals surface area contributed by atoms with Gasteiger partial charge in [0.1, 0.15) is 5.75 Å². The average Bonchev–Trinajstić information content (AvgIpc) is 3.19. The van der Waals surface area contributed by atoms with Crippen LogP contribution in [0, 0.1) is 0 Å². The molecule has 1 aromatic carbocycles. The highest BCUT2D eigenvalue weighted by molar-refractivity contribution is 5.92. The van der Waals surface area contributed by atoms with Crippen LogP contribution in [-0.2, 0) is 11.3 Å². The van der Waals surface area contributed by atoms with Crippen LogP contribution in [0.15, 0.2) is 30.3 Å². The van der Waals surface area contributed by atoms with Gasteiger partial charge in [0, 0.05) is 38.7 Å². The SMILES string of the molecule is COc1ccc([C@@H](CNC(=O)c2cc3n(n2)CCCO3)N2CCOCC2)cc1. The highest BCUT2D eigenvalue weighted by Gasteiger charge is 2.24. The summed E-state index contributed by atoms with van der Waals surface area (Å²) in [6, 6.07) is 9.78. The van der Waals surface area contributed by atoms with Crippen molar-refractivity contribution in [3.8, 4) is 11.6 Å². The lowest BCUT2D eigenvalue weighted by atomic mass is 10.0. The fourth-order valence-corrected chi connectivity index (χ4v) is 3.63. The number of aromatic nitrogens is 2. The van der Waals surface area contributed by atoms with E-state index in [0.29, 0.717) is 37.9 Å². The maximum absolute atomic E-state index is 12.7. The number of carbonyl (C=O) groups excluding carboxylic acids is 1. The first-order valence-corrected chi connectivity index (χ1v) is 9.69. The van der Waals surface area contributed by atoms with Crippen molar-refractivity contribution in [2.24, 2.45) is 0 Å². The number of nitrogens with zero attached hydrogens (tertiary/aromatic N) is 3. The summed E-state index contributed by atoms with van der Waals surface area (Å²) in [5.41, 5.74) is 1.53. The normalized spacial score (nSPS) is 18.0. The number of amides is 1. The number of hydrogen-bond donors (Lipinski definition) is 1. The van der Waals surface area contributed by atoms with E-state index in [2.05, 4.69) is 15.3 Å². The minimum Gasteiger partial charge on any atom is -0.497 e. The topological polar surface area (TPSA) is 77.8 Å². The molecule has 1 aromatic heterocycles. The molecular weight excluding hydrogens is 360 g/mol. The molecule has 2 aromatic rings. The highest BCUT2D eigenvalue weighted by Crippen LogP contribution is 2.24. The third-order valence-electron chi connectivity index (χ3n) is 5.18. The Hall–Kier alpha value is -2.58. The molecule has 0 aliphatic carbocycles. The van der Waals surface area contributed by atoms with Gasteiger partial charge in [0.2, 0.25) is 5.88 Å². The van der Waals surface area contributed by atoms with Crippen molar-refractivity contribution in [2.45, 2.75) is 19.0 Å². The number of ether oxygens (including phenoxy) is 3. The number of nitrogens with one attached hydrogen (secondary N) is 1. The lowest BCUT2D eigenvalue weighted by Gasteiger charge is -2.35. The Morgan fingerprint density at radius 2 is 2.00 bits per heavy atom. The van der Waals surface area contributed by atoms with Gasteiger partial charge < -0.3 is 19.5 Å². The molecule has 0 radical (unpaired) electrons. The first-order chi connectivity index (χ1) is 13.7. The minimum atomic E-state index is -0.183. The summed E-state index contributed by atoms with van der Waals surface area (Å²) >= 11 is 0. The maximum Gasteiger partial charge on any atom is 0.271 e. The molecular formula is C20H26N4O4. The van der Waals surface area contributed by atoms with Crippen LogP contribution in [0.25, 0.3) is 0 Å². The monoisotopic (exact) mass is 386 g/mol. The molecule has 1 saturated heterocycles. The molecule has 1 atom stereocenters. The van der Waals surface area contributed by atoms with E-state index in [0.717, 1.165) is 37.4 Å². The van der Waals surface area contributed by atoms with Crippen LogP contribution < -0.4 is 14.8 Å². The van der Waals surface area contributed by atoms with Crippen molar-refractivity contribution in [1.82, 2.24) is 20.0 Å². The predicted octanol–water partition coefficient (Wildman–Crippen LogP) is 1.48. The second kappa shape index (κ2) is 8.62. The standard InChI is InChI=1S/C20H26N4O4/c1-26-16-5-3-15(4-6-16)18(23-8-11-27-12-9-23)14-21-20(25)17-13-19-24(22-17)7-2-10-28-19/h3-6,13,18H,2,7-12,14H2,1H3,(H,21,25)/t18-/m1/s1. The summed E-state index contributed by atoms with van der Waals surface area (Å²) < 4.78 is 18.1. The van der Waals surface area contributed by atoms with E-state index in [4.69, 9.17) is 14.2 Å². The van der Waals surface area contributed by atoms with Crippen LogP contribution in [0.3, 0.4) is 0 Å². The second-order valence-electron chi connectivity index (χ2n) is 6.94. The van der Waals surface area contributed by atoms with Crippen molar-refractivity contribution in [3.63, 3.8) is 0 Å². The molecule has 4 rings (SSSR count). The zero-order valence-electron chi connectivity index (χ0n) is 16.1. The number of morpholine rings is 1. The summed E-state index contributed by atoms with van der Waals surface area (Å²) in [7, 11) is 1.66. The van der Waals surface area contributed by atoms with E-state index in [1.165, 1.54) is 0 Å². The van der Waals surface area contributed by atoms with E-state index in [-0.39, 0.29) is 11.9 Å².